The zero-order valence-electron chi connectivity index (χ0n) is 15.6. The van der Waals surface area contributed by atoms with E-state index in [9.17, 15) is 0 Å². The number of allylic oxidation sites excluding steroid dienone is 4. The Balaban J connectivity index is 0.00000220. The molecule has 0 atom stereocenters. The fourth-order valence-corrected chi connectivity index (χ4v) is 16.7. The van der Waals surface area contributed by atoms with Gasteiger partial charge in [0.15, 0.2) is 0 Å². The van der Waals surface area contributed by atoms with Crippen LogP contribution in [-0.4, -0.2) is 13.7 Å². The molecule has 0 bridgehead atoms. The normalized spacial score (nSPS) is 29.0. The Morgan fingerprint density at radius 1 is 0.955 bits per heavy atom. The van der Waals surface area contributed by atoms with Gasteiger partial charge in [0.2, 0.25) is 0 Å². The van der Waals surface area contributed by atoms with Gasteiger partial charge in [-0.1, -0.05) is 0 Å². The maximum absolute atomic E-state index is 4.77. The molecule has 0 aromatic carbocycles. The van der Waals surface area contributed by atoms with Crippen molar-refractivity contribution in [2.75, 3.05) is 0 Å². The molecule has 5 heteroatoms. The molecule has 0 heterocycles. The third kappa shape index (κ3) is 4.74. The molecule has 134 valence electrons. The van der Waals surface area contributed by atoms with Crippen molar-refractivity contribution in [3.05, 3.63) is 22.1 Å². The maximum atomic E-state index is 4.38. The molecular weight excluding hydrogens is 365 g/mol. The molecule has 2 rings (SSSR count). The average molecular weight is 404 g/mol. The van der Waals surface area contributed by atoms with E-state index in [1.807, 2.05) is 0 Å². The third-order valence-corrected chi connectivity index (χ3v) is 20.3. The molecule has 0 spiro atoms. The van der Waals surface area contributed by atoms with Gasteiger partial charge < -0.3 is 0 Å². The minimum absolute atomic E-state index is 0. The van der Waals surface area contributed by atoms with E-state index < -0.39 is 9.17 Å². The fraction of sp³-hybridized carbons (Fsp3) is 0.765. The van der Waals surface area contributed by atoms with Gasteiger partial charge in [-0.3, -0.25) is 0 Å². The monoisotopic (exact) mass is 403 g/mol. The van der Waals surface area contributed by atoms with Gasteiger partial charge in [0.1, 0.15) is 0 Å². The number of rotatable bonds is 3. The molecule has 0 radical (unpaired) electrons. The average Bonchev–Trinajstić information content (AvgIpc) is 2.68. The van der Waals surface area contributed by atoms with Gasteiger partial charge >= 0.3 is 119 Å². The Morgan fingerprint density at radius 2 is 1.45 bits per heavy atom. The Labute approximate surface area is 142 Å². The van der Waals surface area contributed by atoms with Crippen LogP contribution in [-0.2, 0) is 9.17 Å². The fourth-order valence-electron chi connectivity index (χ4n) is 4.59. The predicted molar refractivity (Wildman–Crippen MR) is 110 cm³/mol. The van der Waals surface area contributed by atoms with Crippen LogP contribution < -0.4 is 3.80 Å². The first-order valence-electron chi connectivity index (χ1n) is 8.68. The van der Waals surface area contributed by atoms with Crippen LogP contribution in [0.15, 0.2) is 22.1 Å². The first-order chi connectivity index (χ1) is 8.30. The molecule has 0 aromatic heterocycles. The van der Waals surface area contributed by atoms with E-state index in [1.54, 1.807) is 3.88 Å². The van der Waals surface area contributed by atoms with Crippen molar-refractivity contribution in [3.63, 3.8) is 0 Å². The van der Waals surface area contributed by atoms with Crippen LogP contribution in [0, 0.1) is 0 Å². The Bertz CT molecular complexity index is 702. The Kier molecular flexibility index (Phi) is 3.59. The van der Waals surface area contributed by atoms with Crippen LogP contribution in [0.4, 0.5) is 0 Å². The van der Waals surface area contributed by atoms with E-state index in [-0.39, 0.29) is 24.8 Å². The summed E-state index contributed by atoms with van der Waals surface area (Å²) < 4.78 is 6.00. The van der Waals surface area contributed by atoms with Gasteiger partial charge in [-0.25, -0.2) is 0 Å². The molecule has 2 aliphatic carbocycles. The SMILES string of the molecule is Cl.Cl.[CH3][Ti]([CH3])([CH3])([CH3])([CH3])([CH3])(=[SiH2])([NH]C1CCCCC1)[C]1=CC=CC1. The molecule has 0 unspecified atom stereocenters. The second-order valence-electron chi connectivity index (χ2n) is 16.9. The van der Waals surface area contributed by atoms with E-state index in [0.29, 0.717) is 6.04 Å². The van der Waals surface area contributed by atoms with Crippen LogP contribution in [0.3, 0.4) is 0 Å². The zero-order chi connectivity index (χ0) is 15.6. The van der Waals surface area contributed by atoms with Gasteiger partial charge in [0, 0.05) is 0 Å². The molecule has 2 aliphatic rings. The summed E-state index contributed by atoms with van der Waals surface area (Å²) in [6, 6.07) is 0.658. The molecule has 1 N–H and O–H groups in total. The van der Waals surface area contributed by atoms with Gasteiger partial charge in [-0.15, -0.1) is 24.8 Å². The van der Waals surface area contributed by atoms with Crippen molar-refractivity contribution >= 4 is 32.4 Å². The first kappa shape index (κ1) is 23.0. The number of hydrogen-bond acceptors (Lipinski definition) is 1. The second-order valence-corrected chi connectivity index (χ2v) is 79.7. The molecule has 1 nitrogen and oxygen atoms in total. The second kappa shape index (κ2) is 3.44. The Morgan fingerprint density at radius 3 is 1.86 bits per heavy atom. The van der Waals surface area contributed by atoms with Gasteiger partial charge in [-0.05, 0) is 0 Å². The summed E-state index contributed by atoms with van der Waals surface area (Å²) in [7, 11) is -2.48. The molecule has 0 saturated heterocycles. The van der Waals surface area contributed by atoms with Gasteiger partial charge in [-0.2, -0.15) is 0 Å². The molecule has 22 heavy (non-hydrogen) atoms. The predicted octanol–water partition coefficient (Wildman–Crippen LogP) is 6.18. The van der Waals surface area contributed by atoms with Crippen LogP contribution in [0.1, 0.15) is 38.5 Å². The number of halogens is 2. The molecular formula is C17H39Cl2NSiTi. The van der Waals surface area contributed by atoms with Crippen LogP contribution in [0.5, 0.6) is 0 Å². The summed E-state index contributed by atoms with van der Waals surface area (Å²) in [6.07, 6.45) is 14.9. The molecule has 0 amide bonds. The number of hydrogen-bond donors (Lipinski definition) is 1. The van der Waals surface area contributed by atoms with Crippen molar-refractivity contribution in [1.29, 1.82) is 0 Å². The quantitative estimate of drug-likeness (QED) is 0.554. The van der Waals surface area contributed by atoms with Crippen molar-refractivity contribution < 1.29 is 9.17 Å². The summed E-state index contributed by atoms with van der Waals surface area (Å²) in [5.41, 5.74) is 0. The molecule has 1 saturated carbocycles. The summed E-state index contributed by atoms with van der Waals surface area (Å²) in [6.45, 7) is 0. The van der Waals surface area contributed by atoms with E-state index in [2.05, 4.69) is 61.0 Å². The number of nitrogens with one attached hydrogen (secondary N) is 1. The summed E-state index contributed by atoms with van der Waals surface area (Å²) in [4.78, 5) is 0. The van der Waals surface area contributed by atoms with E-state index >= 15 is 0 Å². The standard InChI is InChI=1S/C6H12N.C5H5.6CH3.2ClH.H2Si.Ti/c7-6-4-2-1-3-5-6;1-2-4-5-3-1;;;;;;;;;;/h6-7H,1-5H2;1-3H,4H2;6*1H3;2*1H;1H2;/q-1;;;;;;;;;;;+1. The topological polar surface area (TPSA) is 12.0 Å². The Hall–Kier alpha value is 0.951. The summed E-state index contributed by atoms with van der Waals surface area (Å²) >= 11 is 0. The van der Waals surface area contributed by atoms with Crippen LogP contribution in [0.25, 0.3) is 0 Å². The van der Waals surface area contributed by atoms with Crippen LogP contribution >= 0.6 is 24.8 Å². The van der Waals surface area contributed by atoms with Crippen molar-refractivity contribution in [2.45, 2.75) is 75.9 Å². The minimum atomic E-state index is -4.77. The van der Waals surface area contributed by atoms with E-state index in [0.717, 1.165) is 6.42 Å². The zero-order valence-corrected chi connectivity index (χ0v) is 20.2. The molecule has 0 aliphatic heterocycles. The van der Waals surface area contributed by atoms with Crippen molar-refractivity contribution in [3.8, 4) is 0 Å². The van der Waals surface area contributed by atoms with E-state index in [1.165, 1.54) is 32.1 Å². The molecule has 0 aromatic rings. The van der Waals surface area contributed by atoms with Gasteiger partial charge in [0.25, 0.3) is 0 Å². The first-order valence-corrected chi connectivity index (χ1v) is 23.6. The summed E-state index contributed by atoms with van der Waals surface area (Å²) in [5, 5.41) is 15.5. The van der Waals surface area contributed by atoms with Crippen molar-refractivity contribution in [1.82, 2.24) is 3.80 Å². The van der Waals surface area contributed by atoms with E-state index in [4.69, 9.17) is 0 Å². The molecule has 1 fully saturated rings. The van der Waals surface area contributed by atoms with Crippen molar-refractivity contribution in [2.24, 2.45) is 0 Å². The van der Waals surface area contributed by atoms with Gasteiger partial charge in [0.05, 0.1) is 0 Å². The van der Waals surface area contributed by atoms with Crippen LogP contribution in [0.2, 0.25) is 31.4 Å². The summed E-state index contributed by atoms with van der Waals surface area (Å²) in [5.74, 6) is 0. The third-order valence-electron chi connectivity index (χ3n) is 5.94.